The van der Waals surface area contributed by atoms with E-state index < -0.39 is 0 Å². The number of hydrogen-bond donors (Lipinski definition) is 2. The first-order chi connectivity index (χ1) is 7.24. The standard InChI is InChI=1S/C9H8N6/c10-5-6-8(11)14-15(9(6)12)7-3-1-2-4-13-7/h1-4H,12H2,(H2,11,14). The number of anilines is 2. The summed E-state index contributed by atoms with van der Waals surface area (Å²) in [4.78, 5) is 4.05. The third-order valence-electron chi connectivity index (χ3n) is 1.93. The van der Waals surface area contributed by atoms with Gasteiger partial charge in [-0.05, 0) is 12.1 Å². The van der Waals surface area contributed by atoms with Gasteiger partial charge in [0.05, 0.1) is 0 Å². The molecule has 0 unspecified atom stereocenters. The minimum absolute atomic E-state index is 0.112. The predicted octanol–water partition coefficient (Wildman–Crippen LogP) is 0.303. The van der Waals surface area contributed by atoms with Crippen LogP contribution in [0.3, 0.4) is 0 Å². The Kier molecular flexibility index (Phi) is 1.99. The number of nitrogen functional groups attached to an aromatic ring is 2. The zero-order chi connectivity index (χ0) is 10.8. The van der Waals surface area contributed by atoms with Crippen LogP contribution >= 0.6 is 0 Å². The highest BCUT2D eigenvalue weighted by Crippen LogP contribution is 2.20. The molecule has 6 heteroatoms. The van der Waals surface area contributed by atoms with Crippen LogP contribution in [0.5, 0.6) is 0 Å². The topological polar surface area (TPSA) is 107 Å². The van der Waals surface area contributed by atoms with Crippen molar-refractivity contribution < 1.29 is 0 Å². The van der Waals surface area contributed by atoms with Crippen molar-refractivity contribution in [2.75, 3.05) is 11.5 Å². The Morgan fingerprint density at radius 3 is 2.67 bits per heavy atom. The molecule has 6 nitrogen and oxygen atoms in total. The Morgan fingerprint density at radius 2 is 2.13 bits per heavy atom. The Labute approximate surface area is 85.8 Å². The summed E-state index contributed by atoms with van der Waals surface area (Å²) < 4.78 is 1.34. The van der Waals surface area contributed by atoms with Crippen molar-refractivity contribution >= 4 is 11.6 Å². The fraction of sp³-hybridized carbons (Fsp3) is 0. The summed E-state index contributed by atoms with van der Waals surface area (Å²) in [7, 11) is 0. The van der Waals surface area contributed by atoms with Crippen LogP contribution in [0.1, 0.15) is 5.56 Å². The summed E-state index contributed by atoms with van der Waals surface area (Å²) in [6.07, 6.45) is 1.61. The molecule has 0 aliphatic heterocycles. The molecular weight excluding hydrogens is 192 g/mol. The number of nitrogens with zero attached hydrogens (tertiary/aromatic N) is 4. The molecule has 0 saturated carbocycles. The van der Waals surface area contributed by atoms with Crippen LogP contribution in [-0.2, 0) is 0 Å². The maximum Gasteiger partial charge on any atom is 0.166 e. The second kappa shape index (κ2) is 3.31. The fourth-order valence-electron chi connectivity index (χ4n) is 1.22. The van der Waals surface area contributed by atoms with Crippen LogP contribution in [0.15, 0.2) is 24.4 Å². The molecule has 74 valence electrons. The van der Waals surface area contributed by atoms with Gasteiger partial charge in [-0.2, -0.15) is 9.94 Å². The average Bonchev–Trinajstić information content (AvgIpc) is 2.55. The highest BCUT2D eigenvalue weighted by Gasteiger charge is 2.13. The van der Waals surface area contributed by atoms with Crippen LogP contribution in [0.2, 0.25) is 0 Å². The summed E-state index contributed by atoms with van der Waals surface area (Å²) >= 11 is 0. The number of hydrogen-bond acceptors (Lipinski definition) is 5. The van der Waals surface area contributed by atoms with Gasteiger partial charge in [-0.1, -0.05) is 6.07 Å². The molecule has 0 spiro atoms. The van der Waals surface area contributed by atoms with Gasteiger partial charge in [-0.25, -0.2) is 4.98 Å². The largest absolute Gasteiger partial charge is 0.382 e. The van der Waals surface area contributed by atoms with Gasteiger partial charge in [0.25, 0.3) is 0 Å². The van der Waals surface area contributed by atoms with E-state index in [0.717, 1.165) is 0 Å². The van der Waals surface area contributed by atoms with Crippen LogP contribution in [0, 0.1) is 11.3 Å². The lowest BCUT2D eigenvalue weighted by atomic mass is 10.3. The van der Waals surface area contributed by atoms with Crippen molar-refractivity contribution in [1.82, 2.24) is 14.8 Å². The molecule has 4 N–H and O–H groups in total. The highest BCUT2D eigenvalue weighted by atomic mass is 15.4. The quantitative estimate of drug-likeness (QED) is 0.688. The molecule has 0 fully saturated rings. The molecular formula is C9H8N6. The van der Waals surface area contributed by atoms with Gasteiger partial charge in [-0.3, -0.25) is 0 Å². The van der Waals surface area contributed by atoms with Gasteiger partial charge in [-0.15, -0.1) is 5.10 Å². The minimum atomic E-state index is 0.112. The van der Waals surface area contributed by atoms with Crippen LogP contribution in [-0.4, -0.2) is 14.8 Å². The molecule has 0 aromatic carbocycles. The maximum absolute atomic E-state index is 8.78. The van der Waals surface area contributed by atoms with Crippen molar-refractivity contribution in [2.24, 2.45) is 0 Å². The normalized spacial score (nSPS) is 9.80. The Hall–Kier alpha value is -2.55. The predicted molar refractivity (Wildman–Crippen MR) is 54.9 cm³/mol. The van der Waals surface area contributed by atoms with Crippen LogP contribution < -0.4 is 11.5 Å². The lowest BCUT2D eigenvalue weighted by molar-refractivity contribution is 0.862. The monoisotopic (exact) mass is 200 g/mol. The second-order valence-electron chi connectivity index (χ2n) is 2.86. The van der Waals surface area contributed by atoms with E-state index in [2.05, 4.69) is 10.1 Å². The van der Waals surface area contributed by atoms with E-state index in [1.807, 2.05) is 6.07 Å². The van der Waals surface area contributed by atoms with Gasteiger partial charge >= 0.3 is 0 Å². The molecule has 2 aromatic rings. The summed E-state index contributed by atoms with van der Waals surface area (Å²) in [5, 5.41) is 12.7. The Morgan fingerprint density at radius 1 is 1.33 bits per heavy atom. The molecule has 0 amide bonds. The molecule has 2 rings (SSSR count). The second-order valence-corrected chi connectivity index (χ2v) is 2.86. The molecule has 0 atom stereocenters. The molecule has 0 aliphatic rings. The van der Waals surface area contributed by atoms with Crippen LogP contribution in [0.25, 0.3) is 5.82 Å². The van der Waals surface area contributed by atoms with Gasteiger partial charge in [0, 0.05) is 6.20 Å². The van der Waals surface area contributed by atoms with Gasteiger partial charge in [0.1, 0.15) is 17.5 Å². The van der Waals surface area contributed by atoms with E-state index in [9.17, 15) is 0 Å². The van der Waals surface area contributed by atoms with Crippen molar-refractivity contribution in [3.05, 3.63) is 30.0 Å². The number of pyridine rings is 1. The summed E-state index contributed by atoms with van der Waals surface area (Å²) in [5.74, 6) is 0.845. The van der Waals surface area contributed by atoms with Crippen LogP contribution in [0.4, 0.5) is 11.6 Å². The molecule has 0 saturated heterocycles. The van der Waals surface area contributed by atoms with Gasteiger partial charge < -0.3 is 11.5 Å². The Bertz CT molecular complexity index is 522. The van der Waals surface area contributed by atoms with Crippen molar-refractivity contribution in [2.45, 2.75) is 0 Å². The molecule has 2 heterocycles. The van der Waals surface area contributed by atoms with Crippen molar-refractivity contribution in [3.63, 3.8) is 0 Å². The smallest absolute Gasteiger partial charge is 0.166 e. The maximum atomic E-state index is 8.78. The van der Waals surface area contributed by atoms with Crippen molar-refractivity contribution in [1.29, 1.82) is 5.26 Å². The summed E-state index contributed by atoms with van der Waals surface area (Å²) in [6, 6.07) is 7.19. The van der Waals surface area contributed by atoms with E-state index in [1.165, 1.54) is 4.68 Å². The number of nitriles is 1. The third-order valence-corrected chi connectivity index (χ3v) is 1.93. The first-order valence-corrected chi connectivity index (χ1v) is 4.19. The van der Waals surface area contributed by atoms with E-state index in [0.29, 0.717) is 5.82 Å². The molecule has 15 heavy (non-hydrogen) atoms. The molecule has 0 radical (unpaired) electrons. The number of rotatable bonds is 1. The summed E-state index contributed by atoms with van der Waals surface area (Å²) in [6.45, 7) is 0. The third kappa shape index (κ3) is 1.36. The highest BCUT2D eigenvalue weighted by molar-refractivity contribution is 5.63. The average molecular weight is 200 g/mol. The number of nitrogens with two attached hydrogens (primary N) is 2. The van der Waals surface area contributed by atoms with E-state index >= 15 is 0 Å². The minimum Gasteiger partial charge on any atom is -0.382 e. The Balaban J connectivity index is 2.62. The van der Waals surface area contributed by atoms with Gasteiger partial charge in [0.2, 0.25) is 0 Å². The first-order valence-electron chi connectivity index (χ1n) is 4.19. The number of aromatic nitrogens is 3. The van der Waals surface area contributed by atoms with E-state index in [-0.39, 0.29) is 17.2 Å². The lowest BCUT2D eigenvalue weighted by Gasteiger charge is -2.00. The van der Waals surface area contributed by atoms with E-state index in [1.54, 1.807) is 24.4 Å². The SMILES string of the molecule is N#Cc1c(N)nn(-c2ccccn2)c1N. The molecule has 0 bridgehead atoms. The van der Waals surface area contributed by atoms with Crippen molar-refractivity contribution in [3.8, 4) is 11.9 Å². The molecule has 0 aliphatic carbocycles. The van der Waals surface area contributed by atoms with Gasteiger partial charge in [0.15, 0.2) is 11.6 Å². The zero-order valence-electron chi connectivity index (χ0n) is 7.75. The lowest BCUT2D eigenvalue weighted by Crippen LogP contribution is -2.04. The zero-order valence-corrected chi connectivity index (χ0v) is 7.75. The first kappa shape index (κ1) is 9.02. The molecule has 2 aromatic heterocycles. The summed E-state index contributed by atoms with van der Waals surface area (Å²) in [5.41, 5.74) is 11.4. The fourth-order valence-corrected chi connectivity index (χ4v) is 1.22. The van der Waals surface area contributed by atoms with E-state index in [4.69, 9.17) is 16.7 Å².